The van der Waals surface area contributed by atoms with E-state index in [2.05, 4.69) is 59.3 Å². The number of anilines is 1. The molecule has 5 heterocycles. The summed E-state index contributed by atoms with van der Waals surface area (Å²) < 4.78 is 50.2. The Morgan fingerprint density at radius 2 is 1.83 bits per heavy atom. The maximum Gasteiger partial charge on any atom is 0.341 e. The van der Waals surface area contributed by atoms with Crippen molar-refractivity contribution in [3.63, 3.8) is 0 Å². The Bertz CT molecular complexity index is 2530. The molecule has 0 spiro atoms. The summed E-state index contributed by atoms with van der Waals surface area (Å²) in [6, 6.07) is 15.3. The number of rotatable bonds is 13. The fourth-order valence-electron chi connectivity index (χ4n) is 8.24. The van der Waals surface area contributed by atoms with E-state index >= 15 is 8.78 Å². The molecule has 2 aliphatic rings. The van der Waals surface area contributed by atoms with Crippen molar-refractivity contribution in [1.29, 1.82) is 0 Å². The van der Waals surface area contributed by atoms with Gasteiger partial charge in [0, 0.05) is 98.8 Å². The van der Waals surface area contributed by atoms with Gasteiger partial charge in [-0.15, -0.1) is 11.3 Å². The monoisotopic (exact) mass is 837 g/mol. The summed E-state index contributed by atoms with van der Waals surface area (Å²) in [7, 11) is 0.0865. The number of esters is 1. The lowest BCUT2D eigenvalue weighted by molar-refractivity contribution is 0.0598. The van der Waals surface area contributed by atoms with Gasteiger partial charge < -0.3 is 28.7 Å². The number of hydrogen-bond donors (Lipinski definition) is 1. The molecule has 2 aromatic carbocycles. The molecule has 0 unspecified atom stereocenters. The second-order valence-electron chi connectivity index (χ2n) is 17.9. The predicted octanol–water partition coefficient (Wildman–Crippen LogP) is 11.2. The highest BCUT2D eigenvalue weighted by Crippen LogP contribution is 2.46. The molecule has 4 aromatic heterocycles. The second-order valence-corrected chi connectivity index (χ2v) is 24.4. The molecule has 6 aromatic rings. The molecule has 9 nitrogen and oxygen atoms in total. The Labute approximate surface area is 349 Å². The normalized spacial score (nSPS) is 16.4. The molecule has 1 aliphatic heterocycles. The molecule has 0 saturated carbocycles. The topological polar surface area (TPSA) is 84.8 Å². The number of fused-ring (bicyclic) bond motifs is 2. The zero-order valence-corrected chi connectivity index (χ0v) is 36.6. The maximum absolute atomic E-state index is 15.9. The van der Waals surface area contributed by atoms with Crippen molar-refractivity contribution >= 4 is 58.6 Å². The molecule has 0 bridgehead atoms. The van der Waals surface area contributed by atoms with Gasteiger partial charge in [-0.25, -0.2) is 18.6 Å². The van der Waals surface area contributed by atoms with Crippen LogP contribution in [0.1, 0.15) is 48.3 Å². The summed E-state index contributed by atoms with van der Waals surface area (Å²) in [4.78, 5) is 26.2. The molecule has 1 fully saturated rings. The van der Waals surface area contributed by atoms with Crippen molar-refractivity contribution in [3.8, 4) is 22.6 Å². The molecular weight excluding hydrogens is 785 g/mol. The Morgan fingerprint density at radius 3 is 2.61 bits per heavy atom. The summed E-state index contributed by atoms with van der Waals surface area (Å²) in [5, 5.41) is 3.34. The first-order valence-electron chi connectivity index (χ1n) is 20.4. The number of pyridine rings is 1. The van der Waals surface area contributed by atoms with Crippen molar-refractivity contribution in [2.24, 2.45) is 5.41 Å². The molecule has 59 heavy (non-hydrogen) atoms. The number of nitrogens with one attached hydrogen (secondary N) is 1. The largest absolute Gasteiger partial charge is 0.465 e. The number of allylic oxidation sites excluding steroid dienone is 1. The number of ether oxygens (including phenoxy) is 3. The molecule has 1 N–H and O–H groups in total. The number of thiophene rings is 1. The van der Waals surface area contributed by atoms with Crippen molar-refractivity contribution in [1.82, 2.24) is 19.4 Å². The van der Waals surface area contributed by atoms with Gasteiger partial charge in [0.25, 0.3) is 0 Å². The number of aromatic amines is 1. The molecule has 1 aliphatic carbocycles. The van der Waals surface area contributed by atoms with E-state index in [0.717, 1.165) is 91.3 Å². The highest BCUT2D eigenvalue weighted by atomic mass is 32.1. The summed E-state index contributed by atoms with van der Waals surface area (Å²) in [5.74, 6) is -0.639. The third-order valence-corrected chi connectivity index (χ3v) is 14.4. The molecular formula is C46H53F2N5O4SSi. The van der Waals surface area contributed by atoms with Gasteiger partial charge in [-0.3, -0.25) is 4.90 Å². The number of benzene rings is 2. The molecule has 0 radical (unpaired) electrons. The van der Waals surface area contributed by atoms with Crippen molar-refractivity contribution in [2.75, 3.05) is 51.3 Å². The third-order valence-electron chi connectivity index (χ3n) is 11.7. The number of carbonyl (C=O) groups excluding carboxylic acids is 1. The molecule has 1 saturated heterocycles. The van der Waals surface area contributed by atoms with Gasteiger partial charge in [0.2, 0.25) is 0 Å². The number of nitrogens with zero attached hydrogens (tertiary/aromatic N) is 4. The molecule has 0 amide bonds. The number of methoxy groups -OCH3 is 1. The third kappa shape index (κ3) is 9.03. The van der Waals surface area contributed by atoms with Gasteiger partial charge >= 0.3 is 5.97 Å². The Balaban J connectivity index is 1.00. The number of hydrogen-bond acceptors (Lipinski definition) is 8. The summed E-state index contributed by atoms with van der Waals surface area (Å²) in [6.45, 7) is 16.7. The van der Waals surface area contributed by atoms with Gasteiger partial charge in [-0.2, -0.15) is 0 Å². The van der Waals surface area contributed by atoms with Crippen LogP contribution in [-0.4, -0.2) is 79.9 Å². The minimum atomic E-state index is -1.28. The van der Waals surface area contributed by atoms with Crippen LogP contribution in [-0.2, 0) is 16.2 Å². The lowest BCUT2D eigenvalue weighted by Gasteiger charge is -2.39. The zero-order valence-electron chi connectivity index (χ0n) is 34.8. The smallest absolute Gasteiger partial charge is 0.341 e. The highest BCUT2D eigenvalue weighted by molar-refractivity contribution is 7.11. The fraction of sp³-hybridized carbons (Fsp3) is 0.391. The van der Waals surface area contributed by atoms with E-state index in [-0.39, 0.29) is 12.1 Å². The van der Waals surface area contributed by atoms with Crippen LogP contribution in [0.25, 0.3) is 38.6 Å². The van der Waals surface area contributed by atoms with Gasteiger partial charge in [-0.1, -0.05) is 39.1 Å². The van der Waals surface area contributed by atoms with E-state index < -0.39 is 25.7 Å². The van der Waals surface area contributed by atoms with Gasteiger partial charge in [0.15, 0.2) is 0 Å². The van der Waals surface area contributed by atoms with Crippen LogP contribution >= 0.6 is 11.3 Å². The summed E-state index contributed by atoms with van der Waals surface area (Å²) in [6.07, 6.45) is 8.31. The average Bonchev–Trinajstić information content (AvgIpc) is 3.98. The van der Waals surface area contributed by atoms with Crippen LogP contribution < -0.4 is 9.64 Å². The van der Waals surface area contributed by atoms with E-state index in [1.807, 2.05) is 40.4 Å². The van der Waals surface area contributed by atoms with Crippen LogP contribution in [0.4, 0.5) is 14.5 Å². The van der Waals surface area contributed by atoms with Crippen molar-refractivity contribution < 1.29 is 27.8 Å². The Hall–Kier alpha value is -4.82. The summed E-state index contributed by atoms with van der Waals surface area (Å²) in [5.41, 5.74) is 6.71. The molecule has 310 valence electrons. The number of piperazine rings is 1. The van der Waals surface area contributed by atoms with Crippen LogP contribution in [0.15, 0.2) is 78.1 Å². The minimum absolute atomic E-state index is 0.137. The predicted molar refractivity (Wildman–Crippen MR) is 236 cm³/mol. The van der Waals surface area contributed by atoms with E-state index in [1.165, 1.54) is 18.3 Å². The fourth-order valence-corrected chi connectivity index (χ4v) is 9.99. The standard InChI is InChI=1S/C46H53F2N5O4SSi/c1-46(2)12-9-31(37(25-46)41-22-32(28-58-41)42-39(48)24-38(47)35-11-14-53(43(35)42)29-56-19-20-59(4,5)6)27-51-15-17-52(18-16-51)33-7-8-36(45(54)55-3)40(23-33)57-34-21-30-10-13-49-44(30)50-26-34/h7-8,10-11,13-14,21-24,26,28H,9,12,15-20,25,27,29H2,1-6H3,(H,49,50). The first kappa shape index (κ1) is 40.9. The Kier molecular flexibility index (Phi) is 11.6. The number of aromatic nitrogens is 3. The first-order chi connectivity index (χ1) is 28.2. The van der Waals surface area contributed by atoms with Gasteiger partial charge in [0.05, 0.1) is 18.8 Å². The van der Waals surface area contributed by atoms with Crippen LogP contribution in [0, 0.1) is 17.0 Å². The lowest BCUT2D eigenvalue weighted by Crippen LogP contribution is -2.47. The molecule has 0 atom stereocenters. The second kappa shape index (κ2) is 16.7. The maximum atomic E-state index is 15.9. The Morgan fingerprint density at radius 1 is 1.02 bits per heavy atom. The van der Waals surface area contributed by atoms with E-state index in [0.29, 0.717) is 40.1 Å². The van der Waals surface area contributed by atoms with Crippen molar-refractivity contribution in [3.05, 3.63) is 100 Å². The summed E-state index contributed by atoms with van der Waals surface area (Å²) >= 11 is 1.65. The number of carbonyl (C=O) groups is 1. The van der Waals surface area contributed by atoms with Crippen LogP contribution in [0.3, 0.4) is 0 Å². The average molecular weight is 838 g/mol. The van der Waals surface area contributed by atoms with E-state index in [1.54, 1.807) is 35.9 Å². The first-order valence-corrected chi connectivity index (χ1v) is 25.0. The lowest BCUT2D eigenvalue weighted by atomic mass is 9.73. The number of H-pyrrole nitrogens is 1. The van der Waals surface area contributed by atoms with Crippen LogP contribution in [0.2, 0.25) is 25.7 Å². The van der Waals surface area contributed by atoms with E-state index in [4.69, 9.17) is 14.2 Å². The number of halogens is 2. The molecule has 8 rings (SSSR count). The van der Waals surface area contributed by atoms with Crippen LogP contribution in [0.5, 0.6) is 11.5 Å². The minimum Gasteiger partial charge on any atom is -0.465 e. The van der Waals surface area contributed by atoms with Crippen molar-refractivity contribution in [2.45, 2.75) is 65.5 Å². The zero-order chi connectivity index (χ0) is 41.5. The van der Waals surface area contributed by atoms with Gasteiger partial charge in [0.1, 0.15) is 41.1 Å². The van der Waals surface area contributed by atoms with E-state index in [9.17, 15) is 4.79 Å². The molecule has 13 heteroatoms. The SMILES string of the molecule is COC(=O)c1ccc(N2CCN(CC3=C(c4cc(-c5c(F)cc(F)c6ccn(COCC[Si](C)(C)C)c56)cs4)CC(C)(C)CC3)CC2)cc1Oc1cnc2[nH]ccc2c1. The highest BCUT2D eigenvalue weighted by Gasteiger charge is 2.31. The van der Waals surface area contributed by atoms with Gasteiger partial charge in [-0.05, 0) is 83.6 Å². The quantitative estimate of drug-likeness (QED) is 0.0704.